The highest BCUT2D eigenvalue weighted by Gasteiger charge is 2.16. The maximum absolute atomic E-state index is 8.42. The fraction of sp³-hybridized carbons (Fsp3) is 0. The molecule has 6 heteroatoms. The Morgan fingerprint density at radius 1 is 0.217 bits per heavy atom. The van der Waals surface area contributed by atoms with E-state index in [1.807, 2.05) is 140 Å². The summed E-state index contributed by atoms with van der Waals surface area (Å²) in [7, 11) is 0. The summed E-state index contributed by atoms with van der Waals surface area (Å²) in [5.74, 6) is 1.14. The van der Waals surface area contributed by atoms with Gasteiger partial charge in [0.2, 0.25) is 0 Å². The van der Waals surface area contributed by atoms with Gasteiger partial charge in [-0.3, -0.25) is 9.97 Å². The van der Waals surface area contributed by atoms with Crippen molar-refractivity contribution in [1.82, 2.24) is 29.9 Å². The Bertz CT molecular complexity index is 5760. The lowest BCUT2D eigenvalue weighted by atomic mass is 9.97. The van der Waals surface area contributed by atoms with Gasteiger partial charge in [0.1, 0.15) is 0 Å². The van der Waals surface area contributed by atoms with Crippen LogP contribution >= 0.6 is 0 Å². The molecule has 0 fully saturated rings. The minimum Gasteiger partial charge on any atom is -0.264 e. The molecule has 12 aromatic carbocycles. The maximum atomic E-state index is 8.42. The minimum atomic E-state index is -0.412. The van der Waals surface area contributed by atoms with Gasteiger partial charge in [-0.05, 0) is 119 Å². The first-order chi connectivity index (χ1) is 49.7. The Hall–Kier alpha value is -12.4. The zero-order valence-corrected chi connectivity index (χ0v) is 49.4. The summed E-state index contributed by atoms with van der Waals surface area (Å²) in [6.07, 6.45) is 7.19. The molecule has 16 aromatic rings. The summed E-state index contributed by atoms with van der Waals surface area (Å²) in [5, 5.41) is 4.76. The molecule has 6 nitrogen and oxygen atoms in total. The summed E-state index contributed by atoms with van der Waals surface area (Å²) < 4.78 is 82.0. The van der Waals surface area contributed by atoms with E-state index in [1.165, 1.54) is 21.5 Å². The van der Waals surface area contributed by atoms with Crippen LogP contribution in [0.5, 0.6) is 0 Å². The second-order valence-electron chi connectivity index (χ2n) is 22.0. The third kappa shape index (κ3) is 12.3. The van der Waals surface area contributed by atoms with E-state index in [1.54, 1.807) is 36.7 Å². The number of pyridine rings is 2. The van der Waals surface area contributed by atoms with Crippen LogP contribution in [-0.4, -0.2) is 29.9 Å². The van der Waals surface area contributed by atoms with Gasteiger partial charge >= 0.3 is 0 Å². The molecule has 0 aliphatic carbocycles. The van der Waals surface area contributed by atoms with Crippen molar-refractivity contribution in [3.63, 3.8) is 0 Å². The van der Waals surface area contributed by atoms with E-state index in [4.69, 9.17) is 33.6 Å². The molecular formula is C86H58N6. The molecule has 0 N–H and O–H groups in total. The SMILES string of the molecule is [2H]c1c([2H])c([2H])c(-c2ccc(-c3cc(-c4ccc(-c5cccnc5)cc4)nc(-c4ccc(-c5ccc6ccccc6c5)cc4)n3)cc2)c([2H])c1[2H].[2H]c1c([2H])c([2H])c(-c2ccc(-c3cc(-c4ccc(-c5cccnc5)cc4)nc(-c4ccc(-c5cccc6ccccc56)cc4)n3)cc2)c([2H])c1[2H]. The van der Waals surface area contributed by atoms with Gasteiger partial charge in [0.15, 0.2) is 11.6 Å². The number of nitrogens with zero attached hydrogens (tertiary/aromatic N) is 6. The number of hydrogen-bond acceptors (Lipinski definition) is 6. The van der Waals surface area contributed by atoms with Crippen molar-refractivity contribution in [2.24, 2.45) is 0 Å². The van der Waals surface area contributed by atoms with Gasteiger partial charge in [0, 0.05) is 58.2 Å². The Balaban J connectivity index is 0.000000165. The van der Waals surface area contributed by atoms with Gasteiger partial charge in [0.25, 0.3) is 0 Å². The van der Waals surface area contributed by atoms with Gasteiger partial charge in [-0.25, -0.2) is 19.9 Å². The van der Waals surface area contributed by atoms with Crippen molar-refractivity contribution < 1.29 is 13.7 Å². The fourth-order valence-electron chi connectivity index (χ4n) is 11.3. The van der Waals surface area contributed by atoms with E-state index in [-0.39, 0.29) is 59.5 Å². The van der Waals surface area contributed by atoms with Gasteiger partial charge in [-0.15, -0.1) is 0 Å². The van der Waals surface area contributed by atoms with Crippen LogP contribution < -0.4 is 0 Å². The van der Waals surface area contributed by atoms with Crippen molar-refractivity contribution in [2.45, 2.75) is 0 Å². The summed E-state index contributed by atoms with van der Waals surface area (Å²) in [4.78, 5) is 28.6. The molecule has 0 saturated carbocycles. The number of rotatable bonds is 12. The molecule has 0 aliphatic heterocycles. The van der Waals surface area contributed by atoms with Crippen LogP contribution in [0.1, 0.15) is 13.7 Å². The van der Waals surface area contributed by atoms with Crippen LogP contribution in [0.2, 0.25) is 0 Å². The molecule has 0 radical (unpaired) electrons. The Kier molecular flexibility index (Phi) is 12.8. The van der Waals surface area contributed by atoms with Crippen LogP contribution in [0, 0.1) is 0 Å². The molecule has 0 unspecified atom stereocenters. The highest BCUT2D eigenvalue weighted by Crippen LogP contribution is 2.36. The molecule has 0 amide bonds. The number of benzene rings is 12. The fourth-order valence-corrected chi connectivity index (χ4v) is 11.3. The van der Waals surface area contributed by atoms with Gasteiger partial charge < -0.3 is 0 Å². The van der Waals surface area contributed by atoms with E-state index in [0.29, 0.717) is 34.2 Å². The number of hydrogen-bond donors (Lipinski definition) is 0. The summed E-state index contributed by atoms with van der Waals surface area (Å²) >= 11 is 0. The number of fused-ring (bicyclic) bond motifs is 2. The molecule has 0 bridgehead atoms. The quantitative estimate of drug-likeness (QED) is 0.121. The van der Waals surface area contributed by atoms with E-state index in [2.05, 4.69) is 125 Å². The van der Waals surface area contributed by atoms with E-state index in [0.717, 1.165) is 89.3 Å². The topological polar surface area (TPSA) is 77.3 Å². The van der Waals surface area contributed by atoms with Crippen molar-refractivity contribution in [3.8, 4) is 135 Å². The molecular weight excluding hydrogens is 1120 g/mol. The zero-order valence-electron chi connectivity index (χ0n) is 59.4. The summed E-state index contributed by atoms with van der Waals surface area (Å²) in [6, 6.07) is 85.6. The maximum Gasteiger partial charge on any atom is 0.160 e. The monoisotopic (exact) mass is 1180 g/mol. The Morgan fingerprint density at radius 3 is 1.00 bits per heavy atom. The van der Waals surface area contributed by atoms with E-state index in [9.17, 15) is 0 Å². The van der Waals surface area contributed by atoms with Crippen LogP contribution in [0.4, 0.5) is 0 Å². The molecule has 92 heavy (non-hydrogen) atoms. The van der Waals surface area contributed by atoms with Gasteiger partial charge in [-0.1, -0.05) is 297 Å². The highest BCUT2D eigenvalue weighted by molar-refractivity contribution is 5.97. The van der Waals surface area contributed by atoms with Crippen LogP contribution in [0.25, 0.3) is 156 Å². The van der Waals surface area contributed by atoms with Gasteiger partial charge in [-0.2, -0.15) is 0 Å². The second-order valence-corrected chi connectivity index (χ2v) is 22.0. The minimum absolute atomic E-state index is 0.164. The van der Waals surface area contributed by atoms with Crippen molar-refractivity contribution in [3.05, 3.63) is 352 Å². The molecule has 4 heterocycles. The lowest BCUT2D eigenvalue weighted by Gasteiger charge is -2.12. The zero-order chi connectivity index (χ0) is 70.1. The summed E-state index contributed by atoms with van der Waals surface area (Å²) in [6.45, 7) is 0. The third-order valence-electron chi connectivity index (χ3n) is 16.2. The molecule has 0 spiro atoms. The average Bonchev–Trinajstić information content (AvgIpc) is 0.780. The van der Waals surface area contributed by atoms with Crippen LogP contribution in [0.3, 0.4) is 0 Å². The molecule has 4 aromatic heterocycles. The van der Waals surface area contributed by atoms with Gasteiger partial charge in [0.05, 0.1) is 36.5 Å². The lowest BCUT2D eigenvalue weighted by molar-refractivity contribution is 1.18. The first kappa shape index (κ1) is 45.8. The smallest absolute Gasteiger partial charge is 0.160 e. The van der Waals surface area contributed by atoms with Crippen LogP contribution in [-0.2, 0) is 0 Å². The van der Waals surface area contributed by atoms with Crippen molar-refractivity contribution >= 4 is 21.5 Å². The third-order valence-corrected chi connectivity index (χ3v) is 16.2. The molecule has 432 valence electrons. The van der Waals surface area contributed by atoms with Crippen molar-refractivity contribution in [2.75, 3.05) is 0 Å². The average molecular weight is 1190 g/mol. The van der Waals surface area contributed by atoms with E-state index < -0.39 is 12.1 Å². The predicted molar refractivity (Wildman–Crippen MR) is 380 cm³/mol. The lowest BCUT2D eigenvalue weighted by Crippen LogP contribution is -1.96. The molecule has 0 saturated heterocycles. The molecule has 0 aliphatic rings. The van der Waals surface area contributed by atoms with E-state index >= 15 is 0 Å². The largest absolute Gasteiger partial charge is 0.264 e. The highest BCUT2D eigenvalue weighted by atomic mass is 14.9. The molecule has 0 atom stereocenters. The first-order valence-corrected chi connectivity index (χ1v) is 30.0. The standard InChI is InChI=1S/2C43H29N3/c1-2-8-30(9-3-1)31-15-21-35(22-16-31)41-28-42(36-23-17-32(18-24-36)38-12-7-27-44-29-38)46-43(45-41)37-25-19-34(20-26-37)40-14-6-11-33-10-4-5-13-39(33)40;1-2-7-30(8-3-1)32-12-19-35(20-13-32)41-28-42(36-21-14-34(15-22-36)40-11-6-26-44-29-40)46-43(45-41)37-23-16-33(17-24-37)39-25-18-31-9-4-5-10-38(31)27-39/h2*1-29H/i1D,2D,3D,8D,9D;1D,2D,3D,7D,8D. The normalized spacial score (nSPS) is 12.6. The summed E-state index contributed by atoms with van der Waals surface area (Å²) in [5.41, 5.74) is 18.1. The molecule has 16 rings (SSSR count). The Morgan fingerprint density at radius 2 is 0.565 bits per heavy atom. The number of aromatic nitrogens is 6. The Labute approximate surface area is 549 Å². The van der Waals surface area contributed by atoms with Crippen molar-refractivity contribution in [1.29, 1.82) is 0 Å². The first-order valence-electron chi connectivity index (χ1n) is 35.0. The van der Waals surface area contributed by atoms with Crippen LogP contribution in [0.15, 0.2) is 352 Å². The second kappa shape index (κ2) is 25.8. The predicted octanol–water partition coefficient (Wildman–Crippen LogP) is 22.1.